The Hall–Kier alpha value is -0.610. The van der Waals surface area contributed by atoms with Gasteiger partial charge in [0.25, 0.3) is 0 Å². The second-order valence-corrected chi connectivity index (χ2v) is 4.25. The first kappa shape index (κ1) is 12.5. The molecule has 15 heavy (non-hydrogen) atoms. The van der Waals surface area contributed by atoms with Gasteiger partial charge in [0.15, 0.2) is 0 Å². The second-order valence-electron chi connectivity index (χ2n) is 4.25. The van der Waals surface area contributed by atoms with Gasteiger partial charge in [0.05, 0.1) is 12.5 Å². The normalized spacial score (nSPS) is 26.5. The van der Waals surface area contributed by atoms with E-state index in [1.165, 1.54) is 0 Å². The molecule has 0 spiro atoms. The van der Waals surface area contributed by atoms with Gasteiger partial charge in [0, 0.05) is 13.7 Å². The zero-order chi connectivity index (χ0) is 11.1. The van der Waals surface area contributed by atoms with Crippen molar-refractivity contribution >= 4 is 5.97 Å². The highest BCUT2D eigenvalue weighted by Gasteiger charge is 2.25. The van der Waals surface area contributed by atoms with Gasteiger partial charge in [-0.2, -0.15) is 0 Å². The summed E-state index contributed by atoms with van der Waals surface area (Å²) in [6.45, 7) is 2.62. The van der Waals surface area contributed by atoms with E-state index in [0.717, 1.165) is 45.4 Å². The smallest absolute Gasteiger partial charge is 0.306 e. The fourth-order valence-electron chi connectivity index (χ4n) is 2.09. The van der Waals surface area contributed by atoms with Crippen molar-refractivity contribution < 1.29 is 14.6 Å². The lowest BCUT2D eigenvalue weighted by Crippen LogP contribution is -2.30. The van der Waals surface area contributed by atoms with Crippen LogP contribution in [0.15, 0.2) is 0 Å². The maximum Gasteiger partial charge on any atom is 0.306 e. The summed E-state index contributed by atoms with van der Waals surface area (Å²) in [5, 5.41) is 12.2. The Balaban J connectivity index is 2.07. The summed E-state index contributed by atoms with van der Waals surface area (Å²) in [6.07, 6.45) is 3.76. The molecular weight excluding hydrogens is 194 g/mol. The first-order chi connectivity index (χ1) is 7.24. The molecule has 1 saturated carbocycles. The molecule has 0 aliphatic heterocycles. The van der Waals surface area contributed by atoms with Crippen LogP contribution in [0, 0.1) is 11.8 Å². The van der Waals surface area contributed by atoms with E-state index in [4.69, 9.17) is 9.84 Å². The molecule has 88 valence electrons. The van der Waals surface area contributed by atoms with Gasteiger partial charge >= 0.3 is 5.97 Å². The fraction of sp³-hybridized carbons (Fsp3) is 0.909. The van der Waals surface area contributed by atoms with Crippen LogP contribution in [-0.4, -0.2) is 37.9 Å². The first-order valence-corrected chi connectivity index (χ1v) is 5.66. The third-order valence-corrected chi connectivity index (χ3v) is 3.11. The van der Waals surface area contributed by atoms with Crippen LogP contribution in [0.1, 0.15) is 25.7 Å². The lowest BCUT2D eigenvalue weighted by Gasteiger charge is -2.26. The number of carbonyl (C=O) groups is 1. The van der Waals surface area contributed by atoms with Gasteiger partial charge < -0.3 is 15.2 Å². The topological polar surface area (TPSA) is 58.6 Å². The standard InChI is InChI=1S/C11H21NO3/c1-15-7-6-12-8-9-2-4-10(5-3-9)11(13)14/h9-10,12H,2-8H2,1H3,(H,13,14). The van der Waals surface area contributed by atoms with Gasteiger partial charge in [-0.3, -0.25) is 4.79 Å². The number of rotatable bonds is 6. The van der Waals surface area contributed by atoms with Gasteiger partial charge in [-0.25, -0.2) is 0 Å². The molecule has 4 nitrogen and oxygen atoms in total. The average molecular weight is 215 g/mol. The largest absolute Gasteiger partial charge is 0.481 e. The highest BCUT2D eigenvalue weighted by molar-refractivity contribution is 5.69. The summed E-state index contributed by atoms with van der Waals surface area (Å²) in [6, 6.07) is 0. The number of aliphatic carboxylic acids is 1. The first-order valence-electron chi connectivity index (χ1n) is 5.66. The number of hydrogen-bond acceptors (Lipinski definition) is 3. The van der Waals surface area contributed by atoms with Crippen LogP contribution in [0.2, 0.25) is 0 Å². The predicted molar refractivity (Wildman–Crippen MR) is 57.8 cm³/mol. The van der Waals surface area contributed by atoms with Crippen molar-refractivity contribution in [2.24, 2.45) is 11.8 Å². The molecule has 0 saturated heterocycles. The molecule has 0 bridgehead atoms. The molecule has 1 aliphatic rings. The van der Waals surface area contributed by atoms with Gasteiger partial charge in [-0.1, -0.05) is 0 Å². The number of nitrogens with one attached hydrogen (secondary N) is 1. The van der Waals surface area contributed by atoms with Crippen molar-refractivity contribution in [2.75, 3.05) is 26.8 Å². The Bertz CT molecular complexity index is 188. The summed E-state index contributed by atoms with van der Waals surface area (Å²) < 4.78 is 4.94. The van der Waals surface area contributed by atoms with E-state index in [0.29, 0.717) is 5.92 Å². The molecule has 0 atom stereocenters. The van der Waals surface area contributed by atoms with E-state index < -0.39 is 5.97 Å². The maximum atomic E-state index is 10.7. The molecule has 0 aromatic rings. The Kier molecular flexibility index (Phi) is 5.65. The molecular formula is C11H21NO3. The lowest BCUT2D eigenvalue weighted by molar-refractivity contribution is -0.143. The van der Waals surface area contributed by atoms with Crippen molar-refractivity contribution in [2.45, 2.75) is 25.7 Å². The van der Waals surface area contributed by atoms with Crippen molar-refractivity contribution in [1.82, 2.24) is 5.32 Å². The second kappa shape index (κ2) is 6.80. The molecule has 0 heterocycles. The third kappa shape index (κ3) is 4.62. The molecule has 1 fully saturated rings. The SMILES string of the molecule is COCCNCC1CCC(C(=O)O)CC1. The van der Waals surface area contributed by atoms with Gasteiger partial charge in [-0.15, -0.1) is 0 Å². The van der Waals surface area contributed by atoms with Crippen LogP contribution in [0.4, 0.5) is 0 Å². The number of carboxylic acid groups (broad SMARTS) is 1. The summed E-state index contributed by atoms with van der Waals surface area (Å²) in [5.74, 6) is -0.0709. The summed E-state index contributed by atoms with van der Waals surface area (Å²) >= 11 is 0. The van der Waals surface area contributed by atoms with Crippen LogP contribution in [0.5, 0.6) is 0 Å². The number of hydrogen-bond donors (Lipinski definition) is 2. The molecule has 4 heteroatoms. The monoisotopic (exact) mass is 215 g/mol. The van der Waals surface area contributed by atoms with Crippen LogP contribution < -0.4 is 5.32 Å². The Morgan fingerprint density at radius 3 is 2.60 bits per heavy atom. The van der Waals surface area contributed by atoms with Crippen LogP contribution in [-0.2, 0) is 9.53 Å². The lowest BCUT2D eigenvalue weighted by atomic mass is 9.82. The highest BCUT2D eigenvalue weighted by atomic mass is 16.5. The van der Waals surface area contributed by atoms with Crippen LogP contribution >= 0.6 is 0 Å². The van der Waals surface area contributed by atoms with Crippen molar-refractivity contribution in [3.63, 3.8) is 0 Å². The summed E-state index contributed by atoms with van der Waals surface area (Å²) in [4.78, 5) is 10.7. The molecule has 1 aliphatic carbocycles. The molecule has 0 aromatic carbocycles. The number of ether oxygens (including phenoxy) is 1. The Labute approximate surface area is 91.0 Å². The minimum absolute atomic E-state index is 0.0970. The van der Waals surface area contributed by atoms with Crippen molar-refractivity contribution in [3.05, 3.63) is 0 Å². The molecule has 1 rings (SSSR count). The highest BCUT2D eigenvalue weighted by Crippen LogP contribution is 2.28. The third-order valence-electron chi connectivity index (χ3n) is 3.11. The summed E-state index contributed by atoms with van der Waals surface area (Å²) in [5.41, 5.74) is 0. The zero-order valence-electron chi connectivity index (χ0n) is 9.37. The van der Waals surface area contributed by atoms with E-state index in [1.807, 2.05) is 0 Å². The van der Waals surface area contributed by atoms with Crippen LogP contribution in [0.3, 0.4) is 0 Å². The maximum absolute atomic E-state index is 10.7. The van der Waals surface area contributed by atoms with E-state index in [-0.39, 0.29) is 5.92 Å². The van der Waals surface area contributed by atoms with E-state index in [1.54, 1.807) is 7.11 Å². The van der Waals surface area contributed by atoms with Crippen LogP contribution in [0.25, 0.3) is 0 Å². The molecule has 2 N–H and O–H groups in total. The minimum Gasteiger partial charge on any atom is -0.481 e. The molecule has 0 aromatic heterocycles. The number of methoxy groups -OCH3 is 1. The minimum atomic E-state index is -0.624. The quantitative estimate of drug-likeness (QED) is 0.652. The zero-order valence-corrected chi connectivity index (χ0v) is 9.37. The average Bonchev–Trinajstić information content (AvgIpc) is 2.25. The Morgan fingerprint density at radius 1 is 1.40 bits per heavy atom. The van der Waals surface area contributed by atoms with Crippen molar-refractivity contribution in [3.8, 4) is 0 Å². The van der Waals surface area contributed by atoms with Gasteiger partial charge in [-0.05, 0) is 38.1 Å². The van der Waals surface area contributed by atoms with Gasteiger partial charge in [0.1, 0.15) is 0 Å². The predicted octanol–water partition coefficient (Wildman–Crippen LogP) is 1.11. The Morgan fingerprint density at radius 2 is 2.07 bits per heavy atom. The molecule has 0 unspecified atom stereocenters. The number of carboxylic acids is 1. The fourth-order valence-corrected chi connectivity index (χ4v) is 2.09. The van der Waals surface area contributed by atoms with E-state index >= 15 is 0 Å². The summed E-state index contributed by atoms with van der Waals surface area (Å²) in [7, 11) is 1.69. The molecule has 0 radical (unpaired) electrons. The molecule has 0 amide bonds. The van der Waals surface area contributed by atoms with Gasteiger partial charge in [0.2, 0.25) is 0 Å². The van der Waals surface area contributed by atoms with Crippen molar-refractivity contribution in [1.29, 1.82) is 0 Å². The van der Waals surface area contributed by atoms with E-state index in [2.05, 4.69) is 5.32 Å². The van der Waals surface area contributed by atoms with E-state index in [9.17, 15) is 4.79 Å².